The number of aromatic hydroxyl groups is 1. The Balaban J connectivity index is 0.00000155. The number of phenols is 1. The monoisotopic (exact) mass is 614 g/mol. The van der Waals surface area contributed by atoms with Crippen molar-refractivity contribution in [1.29, 1.82) is 0 Å². The second kappa shape index (κ2) is 12.0. The molecule has 6 heterocycles. The summed E-state index contributed by atoms with van der Waals surface area (Å²) in [7, 11) is 2.42. The van der Waals surface area contributed by atoms with Crippen LogP contribution in [0.5, 0.6) is 11.8 Å². The molecule has 4 aliphatic rings. The Kier molecular flexibility index (Phi) is 8.49. The van der Waals surface area contributed by atoms with Crippen LogP contribution in [0.2, 0.25) is 5.02 Å². The summed E-state index contributed by atoms with van der Waals surface area (Å²) in [5.41, 5.74) is 1.52. The number of phenolic OH excluding ortho intramolecular Hbond substituents is 1. The average molecular weight is 615 g/mol. The summed E-state index contributed by atoms with van der Waals surface area (Å²) in [6, 6.07) is 3.99. The lowest BCUT2D eigenvalue weighted by atomic mass is 9.94. The van der Waals surface area contributed by atoms with Crippen LogP contribution in [-0.4, -0.2) is 82.0 Å². The van der Waals surface area contributed by atoms with Crippen molar-refractivity contribution >= 4 is 37.6 Å². The molecule has 3 aromatic rings. The maximum absolute atomic E-state index is 16.5. The number of aromatic nitrogens is 3. The van der Waals surface area contributed by atoms with E-state index < -0.39 is 5.82 Å². The van der Waals surface area contributed by atoms with Crippen molar-refractivity contribution in [3.63, 3.8) is 0 Å². The van der Waals surface area contributed by atoms with E-state index in [1.165, 1.54) is 25.0 Å². The van der Waals surface area contributed by atoms with Gasteiger partial charge in [-0.25, -0.2) is 4.39 Å². The van der Waals surface area contributed by atoms with Crippen molar-refractivity contribution in [3.8, 4) is 23.0 Å². The van der Waals surface area contributed by atoms with Gasteiger partial charge in [-0.3, -0.25) is 9.88 Å². The molecule has 4 saturated heterocycles. The van der Waals surface area contributed by atoms with Gasteiger partial charge in [-0.05, 0) is 75.2 Å². The van der Waals surface area contributed by atoms with Crippen LogP contribution < -0.4 is 15.0 Å². The predicted octanol–water partition coefficient (Wildman–Crippen LogP) is 5.75. The molecule has 226 valence electrons. The molecule has 3 atom stereocenters. The third-order valence-electron chi connectivity index (χ3n) is 9.39. The normalized spacial score (nSPS) is 22.9. The Morgan fingerprint density at radius 2 is 1.83 bits per heavy atom. The molecule has 0 radical (unpaired) electrons. The van der Waals surface area contributed by atoms with E-state index in [-0.39, 0.29) is 34.4 Å². The topological polar surface area (TPSA) is 86.6 Å². The average Bonchev–Trinajstić information content (AvgIpc) is 3.66. The van der Waals surface area contributed by atoms with Crippen LogP contribution in [0, 0.1) is 5.82 Å². The number of rotatable bonds is 6. The maximum Gasteiger partial charge on any atom is 0.319 e. The van der Waals surface area contributed by atoms with E-state index in [1.54, 1.807) is 6.20 Å². The molecular formula is C31H41ClFN6O2P. The van der Waals surface area contributed by atoms with Crippen molar-refractivity contribution in [2.75, 3.05) is 44.4 Å². The standard InChI is InChI=1S/C30H36ClFN6O2.CH5P/c1-17(2)24-21(11-20(39)12-23(24)31)26-25(32)27-22(13-33-26)28(37-14-18-5-6-19(15-37)34-18)36-29(35-27)40-16-30-7-3-9-38(30)10-4-8-30;1-2/h11-13,17-19,34,39H,3-10,14-16H2,1-2H3;2H2,1H3. The van der Waals surface area contributed by atoms with Gasteiger partial charge in [0.25, 0.3) is 0 Å². The molecule has 0 spiro atoms. The molecule has 3 unspecified atom stereocenters. The van der Waals surface area contributed by atoms with E-state index in [0.717, 1.165) is 57.4 Å². The zero-order valence-electron chi connectivity index (χ0n) is 24.7. The fraction of sp³-hybridized carbons (Fsp3) is 0.581. The minimum Gasteiger partial charge on any atom is -0.508 e. The molecule has 0 amide bonds. The third-order valence-corrected chi connectivity index (χ3v) is 9.70. The second-order valence-electron chi connectivity index (χ2n) is 12.3. The minimum atomic E-state index is -0.561. The van der Waals surface area contributed by atoms with Gasteiger partial charge in [0.05, 0.1) is 10.9 Å². The first-order chi connectivity index (χ1) is 20.3. The number of halogens is 2. The van der Waals surface area contributed by atoms with E-state index >= 15 is 4.39 Å². The SMILES string of the molecule is CC(C)c1c(Cl)cc(O)cc1-c1ncc2c(N3CC4CCC(C3)N4)nc(OCC34CCCN3CCC4)nc2c1F.CP. The molecule has 42 heavy (non-hydrogen) atoms. The summed E-state index contributed by atoms with van der Waals surface area (Å²) in [5, 5.41) is 14.9. The molecule has 4 aliphatic heterocycles. The van der Waals surface area contributed by atoms with Gasteiger partial charge < -0.3 is 20.1 Å². The number of piperazine rings is 1. The first-order valence-electron chi connectivity index (χ1n) is 15.2. The molecule has 0 aliphatic carbocycles. The number of pyridine rings is 1. The van der Waals surface area contributed by atoms with Crippen molar-refractivity contribution in [2.45, 2.75) is 75.9 Å². The van der Waals surface area contributed by atoms with Gasteiger partial charge in [-0.1, -0.05) is 32.1 Å². The van der Waals surface area contributed by atoms with E-state index in [9.17, 15) is 5.11 Å². The number of hydrogen-bond donors (Lipinski definition) is 2. The molecule has 11 heteroatoms. The van der Waals surface area contributed by atoms with Crippen LogP contribution in [0.3, 0.4) is 0 Å². The molecule has 2 N–H and O–H groups in total. The van der Waals surface area contributed by atoms with Gasteiger partial charge in [-0.2, -0.15) is 9.97 Å². The van der Waals surface area contributed by atoms with E-state index in [2.05, 4.69) is 34.3 Å². The number of ether oxygens (including phenoxy) is 1. The Bertz CT molecular complexity index is 1450. The smallest absolute Gasteiger partial charge is 0.319 e. The molecule has 2 bridgehead atoms. The predicted molar refractivity (Wildman–Crippen MR) is 170 cm³/mol. The number of anilines is 1. The minimum absolute atomic E-state index is 0.00352. The van der Waals surface area contributed by atoms with Gasteiger partial charge >= 0.3 is 6.01 Å². The Morgan fingerprint density at radius 3 is 2.50 bits per heavy atom. The van der Waals surface area contributed by atoms with Crippen molar-refractivity contribution in [3.05, 3.63) is 34.7 Å². The van der Waals surface area contributed by atoms with E-state index in [4.69, 9.17) is 21.3 Å². The Hall–Kier alpha value is -2.32. The third kappa shape index (κ3) is 5.31. The molecular weight excluding hydrogens is 574 g/mol. The van der Waals surface area contributed by atoms with E-state index in [0.29, 0.717) is 40.5 Å². The first kappa shape index (κ1) is 29.7. The number of nitrogens with one attached hydrogen (secondary N) is 1. The second-order valence-corrected chi connectivity index (χ2v) is 12.7. The highest BCUT2D eigenvalue weighted by atomic mass is 35.5. The quantitative estimate of drug-likeness (QED) is 0.340. The van der Waals surface area contributed by atoms with Crippen molar-refractivity contribution in [2.24, 2.45) is 0 Å². The van der Waals surface area contributed by atoms with Gasteiger partial charge in [0.2, 0.25) is 0 Å². The zero-order valence-corrected chi connectivity index (χ0v) is 26.6. The van der Waals surface area contributed by atoms with E-state index in [1.807, 2.05) is 20.5 Å². The summed E-state index contributed by atoms with van der Waals surface area (Å²) < 4.78 is 22.9. The number of fused-ring (bicyclic) bond motifs is 4. The highest BCUT2D eigenvalue weighted by molar-refractivity contribution is 7.15. The van der Waals surface area contributed by atoms with Gasteiger partial charge in [0.1, 0.15) is 29.4 Å². The fourth-order valence-electron chi connectivity index (χ4n) is 7.53. The summed E-state index contributed by atoms with van der Waals surface area (Å²) in [4.78, 5) is 18.9. The van der Waals surface area contributed by atoms with Crippen molar-refractivity contribution < 1.29 is 14.2 Å². The van der Waals surface area contributed by atoms with Crippen LogP contribution in [0.4, 0.5) is 10.2 Å². The first-order valence-corrected chi connectivity index (χ1v) is 16.7. The molecule has 7 rings (SSSR count). The number of nitrogens with zero attached hydrogens (tertiary/aromatic N) is 5. The van der Waals surface area contributed by atoms with Gasteiger partial charge in [-0.15, -0.1) is 9.24 Å². The highest BCUT2D eigenvalue weighted by Gasteiger charge is 2.45. The number of benzene rings is 1. The lowest BCUT2D eigenvalue weighted by Crippen LogP contribution is -2.51. The van der Waals surface area contributed by atoms with Crippen LogP contribution >= 0.6 is 20.8 Å². The lowest BCUT2D eigenvalue weighted by molar-refractivity contribution is 0.108. The highest BCUT2D eigenvalue weighted by Crippen LogP contribution is 2.42. The lowest BCUT2D eigenvalue weighted by Gasteiger charge is -2.34. The van der Waals surface area contributed by atoms with Crippen LogP contribution in [-0.2, 0) is 0 Å². The molecule has 2 aromatic heterocycles. The maximum atomic E-state index is 16.5. The summed E-state index contributed by atoms with van der Waals surface area (Å²) in [5.74, 6) is 0.0679. The van der Waals surface area contributed by atoms with Crippen LogP contribution in [0.15, 0.2) is 18.3 Å². The summed E-state index contributed by atoms with van der Waals surface area (Å²) in [6.07, 6.45) is 8.46. The van der Waals surface area contributed by atoms with Gasteiger partial charge in [0.15, 0.2) is 5.82 Å². The Labute approximate surface area is 254 Å². The number of hydrogen-bond acceptors (Lipinski definition) is 8. The Morgan fingerprint density at radius 1 is 1.14 bits per heavy atom. The fourth-order valence-corrected chi connectivity index (χ4v) is 7.96. The summed E-state index contributed by atoms with van der Waals surface area (Å²) in [6.45, 7) is 10.2. The molecule has 0 saturated carbocycles. The van der Waals surface area contributed by atoms with Crippen LogP contribution in [0.1, 0.15) is 63.9 Å². The largest absolute Gasteiger partial charge is 0.508 e. The van der Waals surface area contributed by atoms with Crippen molar-refractivity contribution in [1.82, 2.24) is 25.2 Å². The van der Waals surface area contributed by atoms with Gasteiger partial charge in [0, 0.05) is 42.0 Å². The zero-order chi connectivity index (χ0) is 29.6. The molecule has 8 nitrogen and oxygen atoms in total. The molecule has 1 aromatic carbocycles. The van der Waals surface area contributed by atoms with Crippen LogP contribution in [0.25, 0.3) is 22.2 Å². The summed E-state index contributed by atoms with van der Waals surface area (Å²) >= 11 is 6.51. The molecule has 4 fully saturated rings.